The van der Waals surface area contributed by atoms with Crippen LogP contribution in [-0.4, -0.2) is 25.5 Å². The van der Waals surface area contributed by atoms with Crippen molar-refractivity contribution in [3.8, 4) is 0 Å². The van der Waals surface area contributed by atoms with Crippen LogP contribution in [0.4, 0.5) is 0 Å². The molecule has 0 saturated carbocycles. The second-order valence-electron chi connectivity index (χ2n) is 5.00. The Bertz CT molecular complexity index is 400. The number of carbonyl (C=O) groups excluding carboxylic acids is 1. The molecule has 1 saturated heterocycles. The van der Waals surface area contributed by atoms with Crippen LogP contribution in [0.15, 0.2) is 6.07 Å². The maximum Gasteiger partial charge on any atom is 0.261 e. The van der Waals surface area contributed by atoms with Gasteiger partial charge in [-0.1, -0.05) is 0 Å². The van der Waals surface area contributed by atoms with Gasteiger partial charge in [-0.2, -0.15) is 0 Å². The fraction of sp³-hybridized carbons (Fsp3) is 0.615. The van der Waals surface area contributed by atoms with Crippen molar-refractivity contribution in [3.05, 3.63) is 21.4 Å². The standard InChI is InChI=1S/C13H18N2OS/c16-13(15-8-9-6-14-7-9)12-5-10-3-1-2-4-11(10)17-12/h5,9,14H,1-4,6-8H2,(H,15,16). The molecule has 0 atom stereocenters. The number of rotatable bonds is 3. The molecule has 0 radical (unpaired) electrons. The molecule has 0 bridgehead atoms. The van der Waals surface area contributed by atoms with Gasteiger partial charge in [-0.3, -0.25) is 4.79 Å². The molecule has 1 aliphatic carbocycles. The Kier molecular flexibility index (Phi) is 3.16. The van der Waals surface area contributed by atoms with E-state index in [-0.39, 0.29) is 5.91 Å². The number of hydrogen-bond acceptors (Lipinski definition) is 3. The lowest BCUT2D eigenvalue weighted by Gasteiger charge is -2.26. The Balaban J connectivity index is 1.62. The lowest BCUT2D eigenvalue weighted by Crippen LogP contribution is -2.48. The molecule has 17 heavy (non-hydrogen) atoms. The van der Waals surface area contributed by atoms with Crippen LogP contribution < -0.4 is 10.6 Å². The number of thiophene rings is 1. The summed E-state index contributed by atoms with van der Waals surface area (Å²) in [4.78, 5) is 14.3. The molecular weight excluding hydrogens is 232 g/mol. The molecule has 2 aliphatic rings. The molecule has 1 aromatic heterocycles. The van der Waals surface area contributed by atoms with Gasteiger partial charge >= 0.3 is 0 Å². The average Bonchev–Trinajstić information content (AvgIpc) is 2.70. The van der Waals surface area contributed by atoms with E-state index in [1.165, 1.54) is 29.7 Å². The van der Waals surface area contributed by atoms with Gasteiger partial charge < -0.3 is 10.6 Å². The molecule has 0 spiro atoms. The van der Waals surface area contributed by atoms with Crippen molar-refractivity contribution in [1.82, 2.24) is 10.6 Å². The first-order chi connectivity index (χ1) is 8.33. The number of hydrogen-bond donors (Lipinski definition) is 2. The Morgan fingerprint density at radius 3 is 2.94 bits per heavy atom. The van der Waals surface area contributed by atoms with Crippen LogP contribution in [0.3, 0.4) is 0 Å². The maximum absolute atomic E-state index is 12.0. The second-order valence-corrected chi connectivity index (χ2v) is 6.14. The molecule has 1 amide bonds. The first-order valence-corrected chi connectivity index (χ1v) is 7.25. The molecule has 2 heterocycles. The summed E-state index contributed by atoms with van der Waals surface area (Å²) in [6.45, 7) is 2.90. The molecule has 1 fully saturated rings. The Morgan fingerprint density at radius 1 is 1.41 bits per heavy atom. The zero-order valence-corrected chi connectivity index (χ0v) is 10.7. The van der Waals surface area contributed by atoms with Crippen LogP contribution in [0, 0.1) is 5.92 Å². The van der Waals surface area contributed by atoms with Crippen LogP contribution in [0.1, 0.15) is 33.0 Å². The van der Waals surface area contributed by atoms with E-state index in [0.29, 0.717) is 5.92 Å². The fourth-order valence-corrected chi connectivity index (χ4v) is 3.59. The van der Waals surface area contributed by atoms with E-state index in [2.05, 4.69) is 16.7 Å². The molecule has 3 nitrogen and oxygen atoms in total. The van der Waals surface area contributed by atoms with Crippen molar-refractivity contribution >= 4 is 17.2 Å². The summed E-state index contributed by atoms with van der Waals surface area (Å²) in [5.41, 5.74) is 1.41. The fourth-order valence-electron chi connectivity index (χ4n) is 2.42. The predicted molar refractivity (Wildman–Crippen MR) is 69.7 cm³/mol. The molecule has 0 unspecified atom stereocenters. The van der Waals surface area contributed by atoms with Crippen LogP contribution in [0.25, 0.3) is 0 Å². The van der Waals surface area contributed by atoms with Crippen molar-refractivity contribution in [2.75, 3.05) is 19.6 Å². The van der Waals surface area contributed by atoms with Crippen LogP contribution in [0.5, 0.6) is 0 Å². The molecule has 4 heteroatoms. The van der Waals surface area contributed by atoms with E-state index in [9.17, 15) is 4.79 Å². The first kappa shape index (κ1) is 11.2. The van der Waals surface area contributed by atoms with E-state index < -0.39 is 0 Å². The smallest absolute Gasteiger partial charge is 0.261 e. The van der Waals surface area contributed by atoms with Gasteiger partial charge in [-0.15, -0.1) is 11.3 Å². The summed E-state index contributed by atoms with van der Waals surface area (Å²) in [5, 5.41) is 6.26. The molecule has 0 aromatic carbocycles. The second kappa shape index (κ2) is 4.78. The van der Waals surface area contributed by atoms with Crippen molar-refractivity contribution in [2.24, 2.45) is 5.92 Å². The predicted octanol–water partition coefficient (Wildman–Crippen LogP) is 1.58. The van der Waals surface area contributed by atoms with Crippen molar-refractivity contribution in [3.63, 3.8) is 0 Å². The summed E-state index contributed by atoms with van der Waals surface area (Å²) in [7, 11) is 0. The third-order valence-electron chi connectivity index (χ3n) is 3.64. The molecule has 1 aromatic rings. The molecule has 2 N–H and O–H groups in total. The van der Waals surface area contributed by atoms with Gasteiger partial charge in [0, 0.05) is 30.4 Å². The van der Waals surface area contributed by atoms with Gasteiger partial charge in [0.1, 0.15) is 0 Å². The molecule has 3 rings (SSSR count). The topological polar surface area (TPSA) is 41.1 Å². The largest absolute Gasteiger partial charge is 0.351 e. The first-order valence-electron chi connectivity index (χ1n) is 6.43. The Labute approximate surface area is 106 Å². The van der Waals surface area contributed by atoms with Gasteiger partial charge in [-0.25, -0.2) is 0 Å². The Hall–Kier alpha value is -0.870. The van der Waals surface area contributed by atoms with E-state index in [1.54, 1.807) is 11.3 Å². The molecule has 92 valence electrons. The van der Waals surface area contributed by atoms with E-state index in [4.69, 9.17) is 0 Å². The highest BCUT2D eigenvalue weighted by atomic mass is 32.1. The number of aryl methyl sites for hydroxylation is 2. The highest BCUT2D eigenvalue weighted by Gasteiger charge is 2.20. The van der Waals surface area contributed by atoms with Crippen LogP contribution >= 0.6 is 11.3 Å². The lowest BCUT2D eigenvalue weighted by atomic mass is 9.99. The van der Waals surface area contributed by atoms with Gasteiger partial charge in [0.15, 0.2) is 0 Å². The SMILES string of the molecule is O=C(NCC1CNC1)c1cc2c(s1)CCCC2. The van der Waals surface area contributed by atoms with Gasteiger partial charge in [0.25, 0.3) is 5.91 Å². The van der Waals surface area contributed by atoms with Crippen LogP contribution in [0.2, 0.25) is 0 Å². The monoisotopic (exact) mass is 250 g/mol. The average molecular weight is 250 g/mol. The zero-order valence-electron chi connectivity index (χ0n) is 9.92. The third kappa shape index (κ3) is 2.38. The van der Waals surface area contributed by atoms with Crippen molar-refractivity contribution < 1.29 is 4.79 Å². The highest BCUT2D eigenvalue weighted by molar-refractivity contribution is 7.14. The summed E-state index contributed by atoms with van der Waals surface area (Å²) < 4.78 is 0. The van der Waals surface area contributed by atoms with E-state index >= 15 is 0 Å². The van der Waals surface area contributed by atoms with E-state index in [0.717, 1.165) is 30.9 Å². The van der Waals surface area contributed by atoms with Crippen LogP contribution in [-0.2, 0) is 12.8 Å². The van der Waals surface area contributed by atoms with Gasteiger partial charge in [-0.05, 0) is 37.3 Å². The maximum atomic E-state index is 12.0. The molecular formula is C13H18N2OS. The minimum Gasteiger partial charge on any atom is -0.351 e. The summed E-state index contributed by atoms with van der Waals surface area (Å²) in [6.07, 6.45) is 4.88. The lowest BCUT2D eigenvalue weighted by molar-refractivity contribution is 0.0946. The van der Waals surface area contributed by atoms with Crippen molar-refractivity contribution in [2.45, 2.75) is 25.7 Å². The highest BCUT2D eigenvalue weighted by Crippen LogP contribution is 2.29. The number of amides is 1. The molecule has 1 aliphatic heterocycles. The third-order valence-corrected chi connectivity index (χ3v) is 4.87. The number of fused-ring (bicyclic) bond motifs is 1. The van der Waals surface area contributed by atoms with Crippen molar-refractivity contribution in [1.29, 1.82) is 0 Å². The van der Waals surface area contributed by atoms with Gasteiger partial charge in [0.2, 0.25) is 0 Å². The number of carbonyl (C=O) groups is 1. The minimum atomic E-state index is 0.122. The Morgan fingerprint density at radius 2 is 2.24 bits per heavy atom. The summed E-state index contributed by atoms with van der Waals surface area (Å²) in [5.74, 6) is 0.754. The van der Waals surface area contributed by atoms with E-state index in [1.807, 2.05) is 0 Å². The zero-order chi connectivity index (χ0) is 11.7. The quantitative estimate of drug-likeness (QED) is 0.855. The summed E-state index contributed by atoms with van der Waals surface area (Å²) in [6, 6.07) is 2.10. The van der Waals surface area contributed by atoms with Gasteiger partial charge in [0.05, 0.1) is 4.88 Å². The summed E-state index contributed by atoms with van der Waals surface area (Å²) >= 11 is 1.69. The normalized spacial score (nSPS) is 19.5. The number of nitrogens with one attached hydrogen (secondary N) is 2. The minimum absolute atomic E-state index is 0.122.